The molecule has 2 rings (SSSR count). The second-order valence-corrected chi connectivity index (χ2v) is 4.34. The number of hydrogen-bond donors (Lipinski definition) is 0. The molecule has 0 radical (unpaired) electrons. The van der Waals surface area contributed by atoms with E-state index in [1.165, 1.54) is 25.7 Å². The van der Waals surface area contributed by atoms with Crippen LogP contribution < -0.4 is 0 Å². The number of carbonyl (C=O) groups excluding carboxylic acids is 1. The number of hydrogen-bond acceptors (Lipinski definition) is 1. The first-order valence-electron chi connectivity index (χ1n) is 5.57. The number of Topliss-reactive ketones (excluding diaryl/α,β-unsaturated/α-hetero) is 1. The summed E-state index contributed by atoms with van der Waals surface area (Å²) < 4.78 is 0. The van der Waals surface area contributed by atoms with Crippen LogP contribution in [-0.4, -0.2) is 5.78 Å². The van der Waals surface area contributed by atoms with Gasteiger partial charge in [-0.05, 0) is 38.0 Å². The fourth-order valence-corrected chi connectivity index (χ4v) is 2.59. The van der Waals surface area contributed by atoms with Crippen molar-refractivity contribution in [2.75, 3.05) is 0 Å². The number of rotatable bonds is 0. The van der Waals surface area contributed by atoms with Gasteiger partial charge in [-0.25, -0.2) is 0 Å². The predicted octanol–water partition coefficient (Wildman–Crippen LogP) is 3.25. The van der Waals surface area contributed by atoms with E-state index in [9.17, 15) is 4.79 Å². The van der Waals surface area contributed by atoms with Crippen molar-refractivity contribution >= 4 is 5.78 Å². The Kier molecular flexibility index (Phi) is 2.82. The zero-order valence-electron chi connectivity index (χ0n) is 8.22. The van der Waals surface area contributed by atoms with Crippen LogP contribution in [0.1, 0.15) is 51.4 Å². The van der Waals surface area contributed by atoms with Crippen LogP contribution in [0, 0.1) is 5.92 Å². The molecule has 0 aromatic rings. The van der Waals surface area contributed by atoms with Gasteiger partial charge < -0.3 is 0 Å². The van der Waals surface area contributed by atoms with Gasteiger partial charge in [0, 0.05) is 12.8 Å². The Balaban J connectivity index is 2.06. The number of allylic oxidation sites excluding steroid dienone is 2. The Bertz CT molecular complexity index is 227. The first-order chi connectivity index (χ1) is 6.36. The highest BCUT2D eigenvalue weighted by molar-refractivity contribution is 5.78. The summed E-state index contributed by atoms with van der Waals surface area (Å²) in [4.78, 5) is 11.3. The minimum absolute atomic E-state index is 0.473. The molecule has 0 aliphatic heterocycles. The third-order valence-corrected chi connectivity index (χ3v) is 3.39. The molecule has 0 aromatic carbocycles. The van der Waals surface area contributed by atoms with Crippen molar-refractivity contribution in [1.82, 2.24) is 0 Å². The van der Waals surface area contributed by atoms with Crippen LogP contribution in [0.25, 0.3) is 0 Å². The van der Waals surface area contributed by atoms with Gasteiger partial charge in [-0.15, -0.1) is 0 Å². The van der Waals surface area contributed by atoms with Crippen LogP contribution >= 0.6 is 0 Å². The van der Waals surface area contributed by atoms with Crippen molar-refractivity contribution in [2.45, 2.75) is 51.4 Å². The molecule has 0 N–H and O–H groups in total. The lowest BCUT2D eigenvalue weighted by molar-refractivity contribution is -0.119. The maximum Gasteiger partial charge on any atom is 0.133 e. The van der Waals surface area contributed by atoms with Crippen LogP contribution in [0.4, 0.5) is 0 Å². The minimum Gasteiger partial charge on any atom is -0.300 e. The van der Waals surface area contributed by atoms with E-state index in [0.29, 0.717) is 5.78 Å². The molecule has 72 valence electrons. The fraction of sp³-hybridized carbons (Fsp3) is 0.750. The highest BCUT2D eigenvalue weighted by Crippen LogP contribution is 2.34. The van der Waals surface area contributed by atoms with Crippen molar-refractivity contribution in [1.29, 1.82) is 0 Å². The van der Waals surface area contributed by atoms with Crippen molar-refractivity contribution in [3.63, 3.8) is 0 Å². The number of ketones is 1. The van der Waals surface area contributed by atoms with E-state index in [4.69, 9.17) is 0 Å². The molecule has 2 aliphatic rings. The number of fused-ring (bicyclic) bond motifs is 1. The molecule has 0 spiro atoms. The lowest BCUT2D eigenvalue weighted by atomic mass is 9.79. The summed E-state index contributed by atoms with van der Waals surface area (Å²) >= 11 is 0. The van der Waals surface area contributed by atoms with E-state index >= 15 is 0 Å². The van der Waals surface area contributed by atoms with E-state index in [2.05, 4.69) is 6.08 Å². The minimum atomic E-state index is 0.473. The maximum absolute atomic E-state index is 11.3. The molecular weight excluding hydrogens is 160 g/mol. The summed E-state index contributed by atoms with van der Waals surface area (Å²) in [7, 11) is 0. The van der Waals surface area contributed by atoms with E-state index in [0.717, 1.165) is 31.6 Å². The second-order valence-electron chi connectivity index (χ2n) is 4.34. The SMILES string of the molecule is O=C1CC/C=C2/CCCC[C@@H]2CC1. The average molecular weight is 178 g/mol. The van der Waals surface area contributed by atoms with Gasteiger partial charge in [0.2, 0.25) is 0 Å². The Morgan fingerprint density at radius 2 is 2.00 bits per heavy atom. The summed E-state index contributed by atoms with van der Waals surface area (Å²) in [6.07, 6.45) is 11.5. The molecule has 0 aromatic heterocycles. The van der Waals surface area contributed by atoms with Gasteiger partial charge in [0.05, 0.1) is 0 Å². The van der Waals surface area contributed by atoms with Crippen molar-refractivity contribution in [2.24, 2.45) is 5.92 Å². The molecule has 1 saturated carbocycles. The Labute approximate surface area is 80.2 Å². The lowest BCUT2D eigenvalue weighted by Crippen LogP contribution is -2.14. The van der Waals surface area contributed by atoms with Crippen LogP contribution in [0.2, 0.25) is 0 Å². The molecule has 0 amide bonds. The summed E-state index contributed by atoms with van der Waals surface area (Å²) in [5.74, 6) is 1.24. The highest BCUT2D eigenvalue weighted by atomic mass is 16.1. The molecule has 1 atom stereocenters. The fourth-order valence-electron chi connectivity index (χ4n) is 2.59. The van der Waals surface area contributed by atoms with Gasteiger partial charge in [0.1, 0.15) is 5.78 Å². The Hall–Kier alpha value is -0.590. The smallest absolute Gasteiger partial charge is 0.133 e. The van der Waals surface area contributed by atoms with E-state index in [1.54, 1.807) is 5.57 Å². The van der Waals surface area contributed by atoms with Crippen molar-refractivity contribution < 1.29 is 4.79 Å². The van der Waals surface area contributed by atoms with E-state index < -0.39 is 0 Å². The molecule has 0 saturated heterocycles. The molecule has 1 fully saturated rings. The molecule has 0 unspecified atom stereocenters. The van der Waals surface area contributed by atoms with E-state index in [1.807, 2.05) is 0 Å². The Morgan fingerprint density at radius 1 is 1.08 bits per heavy atom. The lowest BCUT2D eigenvalue weighted by Gasteiger charge is -2.26. The number of carbonyl (C=O) groups is 1. The molecule has 1 nitrogen and oxygen atoms in total. The molecule has 0 bridgehead atoms. The quantitative estimate of drug-likeness (QED) is 0.520. The second kappa shape index (κ2) is 4.08. The molecule has 0 heterocycles. The van der Waals surface area contributed by atoms with Crippen molar-refractivity contribution in [3.8, 4) is 0 Å². The van der Waals surface area contributed by atoms with Crippen LogP contribution in [-0.2, 0) is 4.79 Å². The molecular formula is C12H18O. The zero-order valence-corrected chi connectivity index (χ0v) is 8.22. The largest absolute Gasteiger partial charge is 0.300 e. The van der Waals surface area contributed by atoms with Gasteiger partial charge in [0.25, 0.3) is 0 Å². The van der Waals surface area contributed by atoms with Crippen LogP contribution in [0.15, 0.2) is 11.6 Å². The van der Waals surface area contributed by atoms with Crippen molar-refractivity contribution in [3.05, 3.63) is 11.6 Å². The highest BCUT2D eigenvalue weighted by Gasteiger charge is 2.20. The topological polar surface area (TPSA) is 17.1 Å². The third-order valence-electron chi connectivity index (χ3n) is 3.39. The molecule has 13 heavy (non-hydrogen) atoms. The normalized spacial score (nSPS) is 34.0. The predicted molar refractivity (Wildman–Crippen MR) is 53.5 cm³/mol. The standard InChI is InChI=1S/C12H18O/c13-12-7-3-6-10-4-1-2-5-11(10)8-9-12/h6,11H,1-5,7-9H2/b10-6-/t11-/m1/s1. The summed E-state index contributed by atoms with van der Waals surface area (Å²) in [5.41, 5.74) is 1.67. The molecule has 1 heteroatoms. The van der Waals surface area contributed by atoms with Gasteiger partial charge in [-0.2, -0.15) is 0 Å². The molecule has 2 aliphatic carbocycles. The first-order valence-corrected chi connectivity index (χ1v) is 5.57. The first kappa shape index (κ1) is 8.98. The van der Waals surface area contributed by atoms with Gasteiger partial charge in [-0.1, -0.05) is 18.1 Å². The van der Waals surface area contributed by atoms with Gasteiger partial charge in [-0.3, -0.25) is 4.79 Å². The zero-order chi connectivity index (χ0) is 9.10. The van der Waals surface area contributed by atoms with E-state index in [-0.39, 0.29) is 0 Å². The maximum atomic E-state index is 11.3. The monoisotopic (exact) mass is 178 g/mol. The van der Waals surface area contributed by atoms with Gasteiger partial charge in [0.15, 0.2) is 0 Å². The average Bonchev–Trinajstić information content (AvgIpc) is 2.13. The summed E-state index contributed by atoms with van der Waals surface area (Å²) in [6, 6.07) is 0. The van der Waals surface area contributed by atoms with Crippen LogP contribution in [0.3, 0.4) is 0 Å². The van der Waals surface area contributed by atoms with Gasteiger partial charge >= 0.3 is 0 Å². The van der Waals surface area contributed by atoms with Crippen LogP contribution in [0.5, 0.6) is 0 Å². The summed E-state index contributed by atoms with van der Waals surface area (Å²) in [5, 5.41) is 0. The Morgan fingerprint density at radius 3 is 2.92 bits per heavy atom. The third kappa shape index (κ3) is 2.20. The summed E-state index contributed by atoms with van der Waals surface area (Å²) in [6.45, 7) is 0.